The number of ether oxygens (including phenoxy) is 1. The molecule has 1 aliphatic heterocycles. The first kappa shape index (κ1) is 15.2. The van der Waals surface area contributed by atoms with Gasteiger partial charge in [-0.05, 0) is 18.1 Å². The van der Waals surface area contributed by atoms with Crippen LogP contribution in [0.5, 0.6) is 0 Å². The molecule has 6 nitrogen and oxygen atoms in total. The lowest BCUT2D eigenvalue weighted by Gasteiger charge is -2.11. The first-order chi connectivity index (χ1) is 11.2. The van der Waals surface area contributed by atoms with Gasteiger partial charge in [-0.1, -0.05) is 18.3 Å². The summed E-state index contributed by atoms with van der Waals surface area (Å²) in [6.07, 6.45) is 2.73. The topological polar surface area (TPSA) is 112 Å². The molecule has 0 aliphatic carbocycles. The van der Waals surface area contributed by atoms with Gasteiger partial charge < -0.3 is 15.5 Å². The molecule has 23 heavy (non-hydrogen) atoms. The first-order valence-electron chi connectivity index (χ1n) is 7.05. The zero-order chi connectivity index (χ0) is 16.4. The first-order valence-corrected chi connectivity index (χ1v) is 7.46. The Morgan fingerprint density at radius 2 is 2.09 bits per heavy atom. The maximum absolute atomic E-state index is 9.37. The molecule has 3 heterocycles. The predicted molar refractivity (Wildman–Crippen MR) is 86.9 cm³/mol. The van der Waals surface area contributed by atoms with Crippen LogP contribution in [0, 0.1) is 27.3 Å². The summed E-state index contributed by atoms with van der Waals surface area (Å²) in [6, 6.07) is 7.79. The molecular weight excluding hydrogens is 310 g/mol. The molecule has 2 aromatic heterocycles. The third-order valence-corrected chi connectivity index (χ3v) is 4.22. The fourth-order valence-electron chi connectivity index (χ4n) is 2.69. The summed E-state index contributed by atoms with van der Waals surface area (Å²) in [4.78, 5) is 7.10. The van der Waals surface area contributed by atoms with Crippen LogP contribution in [0.2, 0.25) is 0 Å². The Morgan fingerprint density at radius 1 is 1.30 bits per heavy atom. The van der Waals surface area contributed by atoms with E-state index in [4.69, 9.17) is 22.7 Å². The Labute approximate surface area is 138 Å². The van der Waals surface area contributed by atoms with E-state index in [0.717, 1.165) is 18.6 Å². The number of nitriles is 2. The predicted octanol–water partition coefficient (Wildman–Crippen LogP) is 2.64. The molecule has 0 radical (unpaired) electrons. The molecule has 0 saturated carbocycles. The summed E-state index contributed by atoms with van der Waals surface area (Å²) in [5.41, 5.74) is 8.18. The van der Waals surface area contributed by atoms with Gasteiger partial charge in [-0.3, -0.25) is 4.98 Å². The van der Waals surface area contributed by atoms with Gasteiger partial charge in [0.25, 0.3) is 0 Å². The Kier molecular flexibility index (Phi) is 4.07. The van der Waals surface area contributed by atoms with Crippen LogP contribution >= 0.6 is 12.2 Å². The molecule has 114 valence electrons. The minimum atomic E-state index is 0.140. The van der Waals surface area contributed by atoms with Crippen molar-refractivity contribution in [3.05, 3.63) is 39.7 Å². The highest BCUT2D eigenvalue weighted by Gasteiger charge is 2.20. The molecule has 1 aliphatic rings. The Bertz CT molecular complexity index is 883. The van der Waals surface area contributed by atoms with Crippen LogP contribution in [-0.2, 0) is 4.74 Å². The second-order valence-corrected chi connectivity index (χ2v) is 5.66. The van der Waals surface area contributed by atoms with Crippen molar-refractivity contribution in [3.8, 4) is 23.4 Å². The summed E-state index contributed by atoms with van der Waals surface area (Å²) < 4.78 is 5.59. The van der Waals surface area contributed by atoms with Gasteiger partial charge in [0, 0.05) is 24.3 Å². The van der Waals surface area contributed by atoms with E-state index < -0.39 is 0 Å². The van der Waals surface area contributed by atoms with Crippen LogP contribution in [0.1, 0.15) is 29.0 Å². The smallest absolute Gasteiger partial charge is 0.123 e. The van der Waals surface area contributed by atoms with Gasteiger partial charge in [0.15, 0.2) is 0 Å². The zero-order valence-corrected chi connectivity index (χ0v) is 13.0. The number of hydrogen-bond acceptors (Lipinski definition) is 6. The van der Waals surface area contributed by atoms with Crippen molar-refractivity contribution in [1.29, 1.82) is 10.5 Å². The highest BCUT2D eigenvalue weighted by molar-refractivity contribution is 7.71. The highest BCUT2D eigenvalue weighted by atomic mass is 32.1. The van der Waals surface area contributed by atoms with Gasteiger partial charge in [-0.2, -0.15) is 10.5 Å². The third kappa shape index (κ3) is 2.68. The molecule has 7 heteroatoms. The summed E-state index contributed by atoms with van der Waals surface area (Å²) in [5.74, 6) is 0.479. The molecule has 0 spiro atoms. The van der Waals surface area contributed by atoms with Crippen molar-refractivity contribution < 1.29 is 4.74 Å². The van der Waals surface area contributed by atoms with Crippen molar-refractivity contribution in [3.63, 3.8) is 0 Å². The van der Waals surface area contributed by atoms with E-state index in [1.165, 1.54) is 0 Å². The van der Waals surface area contributed by atoms with Gasteiger partial charge in [-0.15, -0.1) is 0 Å². The maximum Gasteiger partial charge on any atom is 0.123 e. The largest absolute Gasteiger partial charge is 0.384 e. The summed E-state index contributed by atoms with van der Waals surface area (Å²) in [7, 11) is 0. The monoisotopic (exact) mass is 323 g/mol. The van der Waals surface area contributed by atoms with E-state index in [9.17, 15) is 10.5 Å². The Morgan fingerprint density at radius 3 is 2.65 bits per heavy atom. The minimum Gasteiger partial charge on any atom is -0.384 e. The molecule has 0 unspecified atom stereocenters. The number of hydrogen-bond donors (Lipinski definition) is 2. The number of aromatic amines is 1. The number of nitrogens with zero attached hydrogens (tertiary/aromatic N) is 3. The molecule has 3 N–H and O–H groups in total. The molecule has 0 aromatic carbocycles. The minimum absolute atomic E-state index is 0.140. The number of rotatable bonds is 2. The van der Waals surface area contributed by atoms with Gasteiger partial charge in [0.1, 0.15) is 28.2 Å². The number of nitrogens with two attached hydrogens (primary N) is 1. The summed E-state index contributed by atoms with van der Waals surface area (Å²) in [5, 5.41) is 18.7. The fourth-order valence-corrected chi connectivity index (χ4v) is 2.95. The number of H-pyrrole nitrogens is 1. The van der Waals surface area contributed by atoms with Gasteiger partial charge in [-0.25, -0.2) is 0 Å². The van der Waals surface area contributed by atoms with E-state index in [0.29, 0.717) is 23.8 Å². The van der Waals surface area contributed by atoms with Crippen molar-refractivity contribution >= 4 is 18.0 Å². The molecule has 1 atom stereocenters. The maximum atomic E-state index is 9.37. The number of nitrogens with one attached hydrogen (secondary N) is 1. The fraction of sp³-hybridized carbons (Fsp3) is 0.250. The highest BCUT2D eigenvalue weighted by Crippen LogP contribution is 2.31. The van der Waals surface area contributed by atoms with E-state index >= 15 is 0 Å². The summed E-state index contributed by atoms with van der Waals surface area (Å²) >= 11 is 5.14. The zero-order valence-electron chi connectivity index (χ0n) is 12.2. The van der Waals surface area contributed by atoms with Crippen LogP contribution in [0.3, 0.4) is 0 Å². The molecule has 0 bridgehead atoms. The molecular formula is C16H13N5OS. The molecule has 1 saturated heterocycles. The quantitative estimate of drug-likeness (QED) is 0.822. The van der Waals surface area contributed by atoms with E-state index in [1.807, 2.05) is 18.2 Å². The molecule has 2 aromatic rings. The SMILES string of the molecule is N#Cc1c(N)[nH]c(=S)c(C#N)c1-c1ccc([C@H]2CCOC2)cn1. The van der Waals surface area contributed by atoms with Crippen LogP contribution in [0.25, 0.3) is 11.3 Å². The van der Waals surface area contributed by atoms with Gasteiger partial charge in [0.05, 0.1) is 17.9 Å². The second-order valence-electron chi connectivity index (χ2n) is 5.25. The normalized spacial score (nSPS) is 16.7. The lowest BCUT2D eigenvalue weighted by Crippen LogP contribution is -2.03. The standard InChI is InChI=1S/C16H13N5OS/c17-5-11-14(12(6-18)16(23)21-15(11)19)13-2-1-9(7-20-13)10-3-4-22-8-10/h1-2,7,10H,3-4,8H2,(H3,19,21,23)/t10-/m0/s1. The molecule has 3 rings (SSSR count). The van der Waals surface area contributed by atoms with Gasteiger partial charge >= 0.3 is 0 Å². The average Bonchev–Trinajstić information content (AvgIpc) is 3.09. The number of aromatic nitrogens is 2. The number of anilines is 1. The van der Waals surface area contributed by atoms with Crippen LogP contribution < -0.4 is 5.73 Å². The number of nitrogen functional groups attached to an aromatic ring is 1. The molecule has 0 amide bonds. The Balaban J connectivity index is 2.13. The average molecular weight is 323 g/mol. The Hall–Kier alpha value is -2.74. The lowest BCUT2D eigenvalue weighted by atomic mass is 9.97. The van der Waals surface area contributed by atoms with Gasteiger partial charge in [0.2, 0.25) is 0 Å². The summed E-state index contributed by atoms with van der Waals surface area (Å²) in [6.45, 7) is 1.45. The number of pyridine rings is 2. The van der Waals surface area contributed by atoms with Crippen LogP contribution in [0.15, 0.2) is 18.3 Å². The second kappa shape index (κ2) is 6.17. The third-order valence-electron chi connectivity index (χ3n) is 3.91. The van der Waals surface area contributed by atoms with Crippen LogP contribution in [0.4, 0.5) is 5.82 Å². The lowest BCUT2D eigenvalue weighted by molar-refractivity contribution is 0.194. The van der Waals surface area contributed by atoms with E-state index in [2.05, 4.69) is 9.97 Å². The van der Waals surface area contributed by atoms with Crippen molar-refractivity contribution in [2.45, 2.75) is 12.3 Å². The van der Waals surface area contributed by atoms with Crippen molar-refractivity contribution in [2.24, 2.45) is 0 Å². The van der Waals surface area contributed by atoms with Crippen LogP contribution in [-0.4, -0.2) is 23.2 Å². The molecule has 1 fully saturated rings. The van der Waals surface area contributed by atoms with Crippen molar-refractivity contribution in [2.75, 3.05) is 18.9 Å². The van der Waals surface area contributed by atoms with E-state index in [1.54, 1.807) is 12.3 Å². The van der Waals surface area contributed by atoms with E-state index in [-0.39, 0.29) is 21.6 Å². The van der Waals surface area contributed by atoms with Crippen molar-refractivity contribution in [1.82, 2.24) is 9.97 Å².